The number of nitrogens with one attached hydrogen (secondary N) is 2. The van der Waals surface area contributed by atoms with E-state index in [1.165, 1.54) is 18.6 Å². The van der Waals surface area contributed by atoms with Crippen molar-refractivity contribution in [3.8, 4) is 22.5 Å². The number of rotatable bonds is 3. The number of benzene rings is 1. The van der Waals surface area contributed by atoms with Crippen LogP contribution < -0.4 is 5.32 Å². The molecule has 2 N–H and O–H groups in total. The molecule has 0 saturated carbocycles. The molecule has 0 radical (unpaired) electrons. The minimum Gasteiger partial charge on any atom is -0.353 e. The molecule has 0 bridgehead atoms. The Bertz CT molecular complexity index is 1470. The average Bonchev–Trinajstić information content (AvgIpc) is 3.20. The molecule has 5 rings (SSSR count). The number of aromatic amines is 1. The molecule has 0 saturated heterocycles. The van der Waals surface area contributed by atoms with Gasteiger partial charge in [-0.1, -0.05) is 29.3 Å². The van der Waals surface area contributed by atoms with Crippen LogP contribution in [0, 0.1) is 12.7 Å². The Morgan fingerprint density at radius 3 is 2.46 bits per heavy atom. The topological polar surface area (TPSA) is 83.6 Å². The monoisotopic (exact) mass is 505 g/mol. The molecule has 0 atom stereocenters. The van der Waals surface area contributed by atoms with Crippen LogP contribution in [0.4, 0.5) is 10.2 Å². The first-order chi connectivity index (χ1) is 16.8. The highest BCUT2D eigenvalue weighted by Crippen LogP contribution is 2.37. The third kappa shape index (κ3) is 6.03. The van der Waals surface area contributed by atoms with Gasteiger partial charge in [0.05, 0.1) is 39.2 Å². The zero-order valence-electron chi connectivity index (χ0n) is 18.9. The fourth-order valence-electron chi connectivity index (χ4n) is 3.42. The number of carbonyl (C=O) groups is 1. The highest BCUT2D eigenvalue weighted by molar-refractivity contribution is 7.80. The number of H-pyrrole nitrogens is 1. The quantitative estimate of drug-likeness (QED) is 0.238. The number of hydrogen-bond acceptors (Lipinski definition) is 5. The van der Waals surface area contributed by atoms with Gasteiger partial charge in [-0.2, -0.15) is 0 Å². The van der Waals surface area contributed by atoms with Gasteiger partial charge < -0.3 is 10.3 Å². The molecule has 0 fully saturated rings. The fraction of sp³-hybridized carbons (Fsp3) is 0.0769. The van der Waals surface area contributed by atoms with Crippen molar-refractivity contribution in [3.05, 3.63) is 89.6 Å². The second-order valence-electron chi connectivity index (χ2n) is 7.73. The third-order valence-electron chi connectivity index (χ3n) is 4.97. The molecular formula is C26H21ClFN5OS. The molecule has 1 amide bonds. The molecule has 4 heterocycles. The Hall–Kier alpha value is -3.75. The van der Waals surface area contributed by atoms with Crippen LogP contribution in [0.3, 0.4) is 0 Å². The molecule has 0 spiro atoms. The van der Waals surface area contributed by atoms with Crippen molar-refractivity contribution in [2.24, 2.45) is 0 Å². The number of amides is 1. The predicted octanol–water partition coefficient (Wildman–Crippen LogP) is 6.72. The summed E-state index contributed by atoms with van der Waals surface area (Å²) in [6.07, 6.45) is 4.29. The summed E-state index contributed by atoms with van der Waals surface area (Å²) in [5.41, 5.74) is 5.41. The van der Waals surface area contributed by atoms with Crippen molar-refractivity contribution in [1.82, 2.24) is 19.9 Å². The van der Waals surface area contributed by atoms with Crippen LogP contribution in [-0.2, 0) is 4.79 Å². The number of hydrogen-bond donors (Lipinski definition) is 3. The van der Waals surface area contributed by atoms with Crippen molar-refractivity contribution >= 4 is 47.0 Å². The number of halogens is 2. The van der Waals surface area contributed by atoms with Gasteiger partial charge in [0.25, 0.3) is 0 Å². The van der Waals surface area contributed by atoms with Gasteiger partial charge in [-0.3, -0.25) is 14.8 Å². The number of pyridine rings is 3. The largest absolute Gasteiger partial charge is 0.353 e. The normalized spacial score (nSPS) is 10.5. The van der Waals surface area contributed by atoms with Crippen LogP contribution in [0.5, 0.6) is 0 Å². The van der Waals surface area contributed by atoms with Gasteiger partial charge >= 0.3 is 0 Å². The number of nitrogens with zero attached hydrogens (tertiary/aromatic N) is 3. The zero-order chi connectivity index (χ0) is 24.9. The van der Waals surface area contributed by atoms with E-state index in [-0.39, 0.29) is 5.91 Å². The Kier molecular flexibility index (Phi) is 7.43. The molecule has 35 heavy (non-hydrogen) atoms. The molecule has 0 aliphatic rings. The number of aryl methyl sites for hydroxylation is 1. The van der Waals surface area contributed by atoms with Crippen LogP contribution in [0.25, 0.3) is 33.5 Å². The van der Waals surface area contributed by atoms with E-state index in [1.807, 2.05) is 24.3 Å². The molecular weight excluding hydrogens is 485 g/mol. The highest BCUT2D eigenvalue weighted by Gasteiger charge is 2.18. The Morgan fingerprint density at radius 2 is 1.80 bits per heavy atom. The van der Waals surface area contributed by atoms with E-state index in [4.69, 9.17) is 11.6 Å². The summed E-state index contributed by atoms with van der Waals surface area (Å²) in [5.74, 6) is -0.221. The SMILES string of the molecule is CC(=O)Nc1cc(-c2[nH]c3cc(Cl)cnc3c2-c2ccc(F)cn2)ccn1.Cc1ccc(S)cc1. The predicted molar refractivity (Wildman–Crippen MR) is 140 cm³/mol. The second-order valence-corrected chi connectivity index (χ2v) is 8.69. The Labute approximate surface area is 212 Å². The maximum atomic E-state index is 13.3. The van der Waals surface area contributed by atoms with Crippen LogP contribution in [0.2, 0.25) is 5.02 Å². The fourth-order valence-corrected chi connectivity index (χ4v) is 3.73. The number of aromatic nitrogens is 4. The summed E-state index contributed by atoms with van der Waals surface area (Å²) < 4.78 is 13.3. The van der Waals surface area contributed by atoms with E-state index in [0.29, 0.717) is 33.3 Å². The number of fused-ring (bicyclic) bond motifs is 1. The molecule has 5 aromatic rings. The third-order valence-corrected chi connectivity index (χ3v) is 5.48. The lowest BCUT2D eigenvalue weighted by molar-refractivity contribution is -0.114. The first-order valence-corrected chi connectivity index (χ1v) is 11.4. The van der Waals surface area contributed by atoms with Crippen LogP contribution in [0.15, 0.2) is 78.1 Å². The first-order valence-electron chi connectivity index (χ1n) is 10.6. The molecule has 176 valence electrons. The maximum absolute atomic E-state index is 13.3. The Balaban J connectivity index is 0.000000308. The van der Waals surface area contributed by atoms with E-state index >= 15 is 0 Å². The van der Waals surface area contributed by atoms with Crippen LogP contribution in [-0.4, -0.2) is 25.8 Å². The lowest BCUT2D eigenvalue weighted by atomic mass is 10.0. The van der Waals surface area contributed by atoms with E-state index in [9.17, 15) is 9.18 Å². The first kappa shape index (κ1) is 24.4. The van der Waals surface area contributed by atoms with Crippen molar-refractivity contribution in [1.29, 1.82) is 0 Å². The van der Waals surface area contributed by atoms with Gasteiger partial charge in [0.15, 0.2) is 0 Å². The summed E-state index contributed by atoms with van der Waals surface area (Å²) in [4.78, 5) is 28.4. The standard InChI is InChI=1S/C19H13ClFN5O.C7H8S/c1-10(27)25-16-6-11(4-5-22-16)18-17(14-3-2-13(21)9-23-14)19-15(26-18)7-12(20)8-24-19;1-6-2-4-7(8)5-3-6/h2-9,26H,1H3,(H,22,25,27);2-5,8H,1H3. The smallest absolute Gasteiger partial charge is 0.222 e. The minimum atomic E-state index is -0.423. The van der Waals surface area contributed by atoms with Crippen LogP contribution >= 0.6 is 24.2 Å². The average molecular weight is 506 g/mol. The van der Waals surface area contributed by atoms with Gasteiger partial charge in [0.2, 0.25) is 5.91 Å². The van der Waals surface area contributed by atoms with Gasteiger partial charge in [-0.25, -0.2) is 9.37 Å². The molecule has 6 nitrogen and oxygen atoms in total. The molecule has 9 heteroatoms. The summed E-state index contributed by atoms with van der Waals surface area (Å²) in [6.45, 7) is 3.48. The Morgan fingerprint density at radius 1 is 1.03 bits per heavy atom. The maximum Gasteiger partial charge on any atom is 0.222 e. The minimum absolute atomic E-state index is 0.217. The van der Waals surface area contributed by atoms with Gasteiger partial charge in [-0.15, -0.1) is 12.6 Å². The van der Waals surface area contributed by atoms with Crippen molar-refractivity contribution < 1.29 is 9.18 Å². The lowest BCUT2D eigenvalue weighted by Gasteiger charge is -2.07. The van der Waals surface area contributed by atoms with Crippen molar-refractivity contribution in [2.75, 3.05) is 5.32 Å². The number of carbonyl (C=O) groups excluding carboxylic acids is 1. The van der Waals surface area contributed by atoms with E-state index in [2.05, 4.69) is 44.8 Å². The van der Waals surface area contributed by atoms with E-state index in [1.54, 1.807) is 36.7 Å². The van der Waals surface area contributed by atoms with E-state index in [0.717, 1.165) is 22.2 Å². The van der Waals surface area contributed by atoms with Crippen LogP contribution in [0.1, 0.15) is 12.5 Å². The number of thiol groups is 1. The van der Waals surface area contributed by atoms with Gasteiger partial charge in [0, 0.05) is 29.8 Å². The molecule has 4 aromatic heterocycles. The molecule has 0 aliphatic carbocycles. The van der Waals surface area contributed by atoms with Gasteiger partial charge in [0.1, 0.15) is 11.6 Å². The summed E-state index contributed by atoms with van der Waals surface area (Å²) in [7, 11) is 0. The van der Waals surface area contributed by atoms with E-state index < -0.39 is 5.82 Å². The van der Waals surface area contributed by atoms with Gasteiger partial charge in [-0.05, 0) is 49.4 Å². The van der Waals surface area contributed by atoms with Crippen molar-refractivity contribution in [2.45, 2.75) is 18.7 Å². The summed E-state index contributed by atoms with van der Waals surface area (Å²) in [6, 6.07) is 16.3. The molecule has 1 aromatic carbocycles. The van der Waals surface area contributed by atoms with Crippen molar-refractivity contribution in [3.63, 3.8) is 0 Å². The lowest BCUT2D eigenvalue weighted by Crippen LogP contribution is -2.07. The summed E-state index contributed by atoms with van der Waals surface area (Å²) >= 11 is 10.2. The molecule has 0 unspecified atom stereocenters. The zero-order valence-corrected chi connectivity index (χ0v) is 20.5. The second kappa shape index (κ2) is 10.7. The number of anilines is 1. The molecule has 0 aliphatic heterocycles. The highest BCUT2D eigenvalue weighted by atomic mass is 35.5. The summed E-state index contributed by atoms with van der Waals surface area (Å²) in [5, 5.41) is 3.15.